The van der Waals surface area contributed by atoms with E-state index in [2.05, 4.69) is 0 Å². The maximum atomic E-state index is 13.2. The third-order valence-electron chi connectivity index (χ3n) is 5.39. The van der Waals surface area contributed by atoms with Crippen LogP contribution >= 0.6 is 22.9 Å². The van der Waals surface area contributed by atoms with Gasteiger partial charge in [-0.05, 0) is 42.6 Å². The van der Waals surface area contributed by atoms with Crippen LogP contribution in [0, 0.1) is 0 Å². The third kappa shape index (κ3) is 4.34. The number of thiophene rings is 1. The number of aliphatic hydroxyl groups is 1. The number of ketones is 1. The minimum atomic E-state index is -0.742. The molecule has 0 spiro atoms. The number of ether oxygens (including phenoxy) is 2. The topological polar surface area (TPSA) is 76.1 Å². The normalized spacial score (nSPS) is 17.4. The van der Waals surface area contributed by atoms with Crippen molar-refractivity contribution in [2.24, 2.45) is 0 Å². The van der Waals surface area contributed by atoms with Crippen molar-refractivity contribution in [3.05, 3.63) is 86.6 Å². The lowest BCUT2D eigenvalue weighted by molar-refractivity contribution is -0.140. The number of methoxy groups -OCH3 is 1. The summed E-state index contributed by atoms with van der Waals surface area (Å²) in [5.74, 6) is -0.692. The second-order valence-electron chi connectivity index (χ2n) is 7.33. The molecule has 2 heterocycles. The number of halogens is 1. The highest BCUT2D eigenvalue weighted by molar-refractivity contribution is 7.10. The second kappa shape index (κ2) is 9.68. The highest BCUT2D eigenvalue weighted by atomic mass is 35.5. The molecule has 0 saturated carbocycles. The molecule has 33 heavy (non-hydrogen) atoms. The van der Waals surface area contributed by atoms with E-state index in [4.69, 9.17) is 21.1 Å². The van der Waals surface area contributed by atoms with Crippen molar-refractivity contribution in [1.29, 1.82) is 0 Å². The van der Waals surface area contributed by atoms with E-state index in [1.165, 1.54) is 16.2 Å². The summed E-state index contributed by atoms with van der Waals surface area (Å²) in [6, 6.07) is 15.0. The number of carbonyl (C=O) groups is 2. The molecule has 1 amide bonds. The monoisotopic (exact) mass is 483 g/mol. The van der Waals surface area contributed by atoms with Crippen LogP contribution < -0.4 is 9.47 Å². The number of Topliss-reactive ketones (excluding diaryl/α,β-unsaturated/α-hetero) is 1. The van der Waals surface area contributed by atoms with Crippen molar-refractivity contribution in [2.75, 3.05) is 13.7 Å². The number of nitrogens with zero attached hydrogens (tertiary/aromatic N) is 1. The van der Waals surface area contributed by atoms with E-state index in [1.807, 2.05) is 42.6 Å². The lowest BCUT2D eigenvalue weighted by Gasteiger charge is -2.25. The molecular weight excluding hydrogens is 462 g/mol. The van der Waals surface area contributed by atoms with Gasteiger partial charge in [-0.25, -0.2) is 0 Å². The van der Waals surface area contributed by atoms with Crippen molar-refractivity contribution in [1.82, 2.24) is 4.90 Å². The van der Waals surface area contributed by atoms with Crippen LogP contribution in [-0.4, -0.2) is 35.4 Å². The fraction of sp³-hybridized carbons (Fsp3) is 0.200. The average molecular weight is 484 g/mol. The Balaban J connectivity index is 1.83. The molecule has 0 radical (unpaired) electrons. The molecule has 1 N–H and O–H groups in total. The zero-order valence-corrected chi connectivity index (χ0v) is 19.7. The van der Waals surface area contributed by atoms with Gasteiger partial charge in [-0.2, -0.15) is 0 Å². The lowest BCUT2D eigenvalue weighted by atomic mass is 9.99. The number of amides is 1. The highest BCUT2D eigenvalue weighted by Crippen LogP contribution is 2.43. The fourth-order valence-electron chi connectivity index (χ4n) is 3.88. The molecule has 4 rings (SSSR count). The van der Waals surface area contributed by atoms with Gasteiger partial charge >= 0.3 is 0 Å². The number of carbonyl (C=O) groups excluding carboxylic acids is 2. The zero-order valence-electron chi connectivity index (χ0n) is 18.1. The Morgan fingerprint density at radius 2 is 1.91 bits per heavy atom. The van der Waals surface area contributed by atoms with E-state index in [1.54, 1.807) is 31.4 Å². The molecule has 1 unspecified atom stereocenters. The predicted octanol–water partition coefficient (Wildman–Crippen LogP) is 5.43. The van der Waals surface area contributed by atoms with Crippen LogP contribution in [-0.2, 0) is 16.1 Å². The van der Waals surface area contributed by atoms with Crippen LogP contribution in [0.25, 0.3) is 5.76 Å². The van der Waals surface area contributed by atoms with Crippen molar-refractivity contribution < 1.29 is 24.2 Å². The van der Waals surface area contributed by atoms with Crippen molar-refractivity contribution >= 4 is 40.4 Å². The summed E-state index contributed by atoms with van der Waals surface area (Å²) in [4.78, 5) is 28.5. The van der Waals surface area contributed by atoms with E-state index >= 15 is 0 Å². The molecule has 1 aliphatic heterocycles. The van der Waals surface area contributed by atoms with Gasteiger partial charge in [0.2, 0.25) is 0 Å². The maximum absolute atomic E-state index is 13.2. The van der Waals surface area contributed by atoms with Crippen LogP contribution in [0.2, 0.25) is 5.02 Å². The zero-order chi connectivity index (χ0) is 23.5. The summed E-state index contributed by atoms with van der Waals surface area (Å²) in [6.45, 7) is 2.37. The summed E-state index contributed by atoms with van der Waals surface area (Å²) in [6.07, 6.45) is 0. The van der Waals surface area contributed by atoms with Gasteiger partial charge in [-0.15, -0.1) is 11.3 Å². The molecule has 0 bridgehead atoms. The Hall–Kier alpha value is -3.29. The largest absolute Gasteiger partial charge is 0.507 e. The number of likely N-dealkylation sites (tertiary alicyclic amines) is 1. The minimum Gasteiger partial charge on any atom is -0.507 e. The van der Waals surface area contributed by atoms with Crippen molar-refractivity contribution in [3.63, 3.8) is 0 Å². The maximum Gasteiger partial charge on any atom is 0.295 e. The first kappa shape index (κ1) is 22.9. The van der Waals surface area contributed by atoms with Gasteiger partial charge < -0.3 is 19.5 Å². The molecule has 1 aromatic heterocycles. The molecule has 2 aromatic carbocycles. The standard InChI is InChI=1S/C25H22ClNO5S/c1-3-32-19-13-15(10-11-17(19)26)23(28)21-22(20-9-6-12-33-20)27(25(30)24(21)29)14-16-7-4-5-8-18(16)31-2/h4-13,22,28H,3,14H2,1-2H3/b23-21-. The first-order valence-electron chi connectivity index (χ1n) is 10.3. The van der Waals surface area contributed by atoms with Crippen LogP contribution in [0.4, 0.5) is 0 Å². The van der Waals surface area contributed by atoms with E-state index in [9.17, 15) is 14.7 Å². The van der Waals surface area contributed by atoms with Crippen LogP contribution in [0.5, 0.6) is 11.5 Å². The molecule has 0 aliphatic carbocycles. The molecule has 1 saturated heterocycles. The van der Waals surface area contributed by atoms with Gasteiger partial charge in [0.1, 0.15) is 17.3 Å². The summed E-state index contributed by atoms with van der Waals surface area (Å²) in [5, 5.41) is 13.5. The quantitative estimate of drug-likeness (QED) is 0.275. The Labute approximate surface area is 200 Å². The third-order valence-corrected chi connectivity index (χ3v) is 6.63. The number of aliphatic hydroxyl groups excluding tert-OH is 1. The first-order valence-corrected chi connectivity index (χ1v) is 11.6. The molecule has 1 atom stereocenters. The van der Waals surface area contributed by atoms with Gasteiger partial charge in [0, 0.05) is 16.0 Å². The molecular formula is C25H22ClNO5S. The molecule has 170 valence electrons. The van der Waals surface area contributed by atoms with Gasteiger partial charge in [-0.1, -0.05) is 35.9 Å². The van der Waals surface area contributed by atoms with Crippen molar-refractivity contribution in [2.45, 2.75) is 19.5 Å². The second-order valence-corrected chi connectivity index (χ2v) is 8.72. The molecule has 8 heteroatoms. The summed E-state index contributed by atoms with van der Waals surface area (Å²) in [7, 11) is 1.56. The SMILES string of the molecule is CCOc1cc(/C(O)=C2/C(=O)C(=O)N(Cc3ccccc3OC)C2c2cccs2)ccc1Cl. The number of para-hydroxylation sites is 1. The van der Waals surface area contributed by atoms with Gasteiger partial charge in [0.05, 0.1) is 36.9 Å². The van der Waals surface area contributed by atoms with E-state index in [0.717, 1.165) is 10.4 Å². The van der Waals surface area contributed by atoms with E-state index < -0.39 is 17.7 Å². The van der Waals surface area contributed by atoms with Gasteiger partial charge in [0.15, 0.2) is 0 Å². The summed E-state index contributed by atoms with van der Waals surface area (Å²) in [5.41, 5.74) is 1.13. The Bertz CT molecular complexity index is 1220. The molecule has 6 nitrogen and oxygen atoms in total. The molecule has 1 fully saturated rings. The molecule has 3 aromatic rings. The minimum absolute atomic E-state index is 0.0297. The number of benzene rings is 2. The van der Waals surface area contributed by atoms with E-state index in [-0.39, 0.29) is 17.9 Å². The van der Waals surface area contributed by atoms with Crippen LogP contribution in [0.3, 0.4) is 0 Å². The highest BCUT2D eigenvalue weighted by Gasteiger charge is 2.46. The smallest absolute Gasteiger partial charge is 0.295 e. The predicted molar refractivity (Wildman–Crippen MR) is 128 cm³/mol. The van der Waals surface area contributed by atoms with Crippen LogP contribution in [0.15, 0.2) is 65.6 Å². The lowest BCUT2D eigenvalue weighted by Crippen LogP contribution is -2.29. The summed E-state index contributed by atoms with van der Waals surface area (Å²) < 4.78 is 10.9. The van der Waals surface area contributed by atoms with Crippen molar-refractivity contribution in [3.8, 4) is 11.5 Å². The Morgan fingerprint density at radius 3 is 2.61 bits per heavy atom. The Kier molecular flexibility index (Phi) is 6.72. The van der Waals surface area contributed by atoms with E-state index in [0.29, 0.717) is 28.7 Å². The van der Waals surface area contributed by atoms with Gasteiger partial charge in [0.25, 0.3) is 11.7 Å². The number of rotatable bonds is 7. The average Bonchev–Trinajstić information content (AvgIpc) is 3.43. The number of hydrogen-bond acceptors (Lipinski definition) is 6. The number of hydrogen-bond donors (Lipinski definition) is 1. The summed E-state index contributed by atoms with van der Waals surface area (Å²) >= 11 is 7.59. The fourth-order valence-corrected chi connectivity index (χ4v) is 4.89. The van der Waals surface area contributed by atoms with Gasteiger partial charge in [-0.3, -0.25) is 9.59 Å². The first-order chi connectivity index (χ1) is 16.0. The molecule has 1 aliphatic rings. The Morgan fingerprint density at radius 1 is 1.12 bits per heavy atom. The van der Waals surface area contributed by atoms with Crippen LogP contribution in [0.1, 0.15) is 29.0 Å².